The van der Waals surface area contributed by atoms with E-state index in [9.17, 15) is 4.79 Å². The second kappa shape index (κ2) is 6.41. The molecule has 2 aromatic carbocycles. The molecule has 0 aliphatic rings. The van der Waals surface area contributed by atoms with E-state index in [1.165, 1.54) is 0 Å². The van der Waals surface area contributed by atoms with Gasteiger partial charge in [-0.05, 0) is 64.8 Å². The highest BCUT2D eigenvalue weighted by molar-refractivity contribution is 9.10. The SMILES string of the molecule is COc1ccc(C(=O)Nc2ccc(Br)cc2C)cc1Br. The van der Waals surface area contributed by atoms with E-state index in [0.717, 1.165) is 20.2 Å². The molecule has 0 aliphatic carbocycles. The van der Waals surface area contributed by atoms with Crippen LogP contribution in [0.4, 0.5) is 5.69 Å². The number of methoxy groups -OCH3 is 1. The molecule has 0 spiro atoms. The number of halogens is 2. The monoisotopic (exact) mass is 397 g/mol. The van der Waals surface area contributed by atoms with Gasteiger partial charge in [0.25, 0.3) is 5.91 Å². The molecule has 0 heterocycles. The smallest absolute Gasteiger partial charge is 0.255 e. The number of benzene rings is 2. The van der Waals surface area contributed by atoms with Crippen LogP contribution in [0.1, 0.15) is 15.9 Å². The van der Waals surface area contributed by atoms with E-state index in [4.69, 9.17) is 4.74 Å². The lowest BCUT2D eigenvalue weighted by Gasteiger charge is -2.10. The largest absolute Gasteiger partial charge is 0.496 e. The Morgan fingerprint density at radius 3 is 2.50 bits per heavy atom. The van der Waals surface area contributed by atoms with E-state index < -0.39 is 0 Å². The number of rotatable bonds is 3. The Labute approximate surface area is 134 Å². The minimum absolute atomic E-state index is 0.154. The van der Waals surface area contributed by atoms with E-state index >= 15 is 0 Å². The maximum Gasteiger partial charge on any atom is 0.255 e. The highest BCUT2D eigenvalue weighted by Crippen LogP contribution is 2.26. The second-order valence-electron chi connectivity index (χ2n) is 4.26. The normalized spacial score (nSPS) is 10.2. The molecule has 0 fully saturated rings. The summed E-state index contributed by atoms with van der Waals surface area (Å²) in [5.74, 6) is 0.542. The third kappa shape index (κ3) is 3.41. The third-order valence-corrected chi connectivity index (χ3v) is 3.96. The van der Waals surface area contributed by atoms with Crippen LogP contribution < -0.4 is 10.1 Å². The van der Waals surface area contributed by atoms with Crippen LogP contribution in [0.15, 0.2) is 45.3 Å². The van der Waals surface area contributed by atoms with Gasteiger partial charge in [-0.2, -0.15) is 0 Å². The fourth-order valence-corrected chi connectivity index (χ4v) is 2.79. The van der Waals surface area contributed by atoms with Crippen LogP contribution in [-0.4, -0.2) is 13.0 Å². The Bertz CT molecular complexity index is 656. The Morgan fingerprint density at radius 2 is 1.90 bits per heavy atom. The minimum atomic E-state index is -0.154. The molecular formula is C15H13Br2NO2. The molecule has 1 amide bonds. The lowest BCUT2D eigenvalue weighted by atomic mass is 10.1. The number of hydrogen-bond donors (Lipinski definition) is 1. The summed E-state index contributed by atoms with van der Waals surface area (Å²) in [7, 11) is 1.59. The van der Waals surface area contributed by atoms with E-state index in [0.29, 0.717) is 11.3 Å². The number of amides is 1. The maximum absolute atomic E-state index is 12.2. The molecule has 0 atom stereocenters. The molecule has 0 aliphatic heterocycles. The third-order valence-electron chi connectivity index (χ3n) is 2.85. The molecule has 0 bridgehead atoms. The maximum atomic E-state index is 12.2. The van der Waals surface area contributed by atoms with Crippen molar-refractivity contribution in [2.45, 2.75) is 6.92 Å². The van der Waals surface area contributed by atoms with Crippen molar-refractivity contribution in [2.24, 2.45) is 0 Å². The van der Waals surface area contributed by atoms with Gasteiger partial charge in [-0.1, -0.05) is 15.9 Å². The summed E-state index contributed by atoms with van der Waals surface area (Å²) in [5.41, 5.74) is 2.37. The molecule has 0 saturated carbocycles. The molecule has 0 aromatic heterocycles. The van der Waals surface area contributed by atoms with Gasteiger partial charge in [0, 0.05) is 15.7 Å². The van der Waals surface area contributed by atoms with Crippen molar-refractivity contribution >= 4 is 43.5 Å². The fraction of sp³-hybridized carbons (Fsp3) is 0.133. The van der Waals surface area contributed by atoms with Crippen LogP contribution in [0.2, 0.25) is 0 Å². The molecule has 5 heteroatoms. The van der Waals surface area contributed by atoms with Gasteiger partial charge in [0.15, 0.2) is 0 Å². The van der Waals surface area contributed by atoms with Crippen LogP contribution in [-0.2, 0) is 0 Å². The van der Waals surface area contributed by atoms with Gasteiger partial charge in [-0.25, -0.2) is 0 Å². The van der Waals surface area contributed by atoms with Crippen LogP contribution in [0, 0.1) is 6.92 Å². The zero-order valence-corrected chi connectivity index (χ0v) is 14.2. The van der Waals surface area contributed by atoms with Crippen LogP contribution in [0.5, 0.6) is 5.75 Å². The Kier molecular flexibility index (Phi) is 4.83. The first-order valence-electron chi connectivity index (χ1n) is 5.92. The lowest BCUT2D eigenvalue weighted by Crippen LogP contribution is -2.12. The van der Waals surface area contributed by atoms with Gasteiger partial charge in [-0.15, -0.1) is 0 Å². The summed E-state index contributed by atoms with van der Waals surface area (Å²) in [6, 6.07) is 10.9. The van der Waals surface area contributed by atoms with Crippen LogP contribution >= 0.6 is 31.9 Å². The van der Waals surface area contributed by atoms with Crippen LogP contribution in [0.3, 0.4) is 0 Å². The molecule has 0 radical (unpaired) electrons. The number of hydrogen-bond acceptors (Lipinski definition) is 2. The topological polar surface area (TPSA) is 38.3 Å². The second-order valence-corrected chi connectivity index (χ2v) is 6.03. The number of ether oxygens (including phenoxy) is 1. The van der Waals surface area contributed by atoms with Crippen molar-refractivity contribution in [1.29, 1.82) is 0 Å². The highest BCUT2D eigenvalue weighted by Gasteiger charge is 2.10. The first kappa shape index (κ1) is 15.1. The molecule has 0 unspecified atom stereocenters. The number of anilines is 1. The molecule has 3 nitrogen and oxygen atoms in total. The van der Waals surface area contributed by atoms with E-state index in [1.807, 2.05) is 25.1 Å². The lowest BCUT2D eigenvalue weighted by molar-refractivity contribution is 0.102. The molecule has 2 aromatic rings. The number of nitrogens with one attached hydrogen (secondary N) is 1. The van der Waals surface area contributed by atoms with Crippen molar-refractivity contribution < 1.29 is 9.53 Å². The van der Waals surface area contributed by atoms with Crippen molar-refractivity contribution in [3.05, 3.63) is 56.5 Å². The average molecular weight is 399 g/mol. The van der Waals surface area contributed by atoms with Crippen LogP contribution in [0.25, 0.3) is 0 Å². The van der Waals surface area contributed by atoms with E-state index in [-0.39, 0.29) is 5.91 Å². The quantitative estimate of drug-likeness (QED) is 0.807. The van der Waals surface area contributed by atoms with Gasteiger partial charge in [-0.3, -0.25) is 4.79 Å². The molecule has 2 rings (SSSR count). The molecular weight excluding hydrogens is 386 g/mol. The summed E-state index contributed by atoms with van der Waals surface area (Å²) in [4.78, 5) is 12.2. The van der Waals surface area contributed by atoms with Gasteiger partial charge >= 0.3 is 0 Å². The zero-order chi connectivity index (χ0) is 14.7. The van der Waals surface area contributed by atoms with Gasteiger partial charge in [0.2, 0.25) is 0 Å². The molecule has 1 N–H and O–H groups in total. The summed E-state index contributed by atoms with van der Waals surface area (Å²) < 4.78 is 6.88. The van der Waals surface area contributed by atoms with E-state index in [2.05, 4.69) is 37.2 Å². The highest BCUT2D eigenvalue weighted by atomic mass is 79.9. The number of carbonyl (C=O) groups is 1. The fourth-order valence-electron chi connectivity index (χ4n) is 1.77. The molecule has 0 saturated heterocycles. The summed E-state index contributed by atoms with van der Waals surface area (Å²) in [5, 5.41) is 2.90. The Morgan fingerprint density at radius 1 is 1.15 bits per heavy atom. The van der Waals surface area contributed by atoms with Gasteiger partial charge < -0.3 is 10.1 Å². The number of aryl methyl sites for hydroxylation is 1. The molecule has 20 heavy (non-hydrogen) atoms. The summed E-state index contributed by atoms with van der Waals surface area (Å²) in [6.07, 6.45) is 0. The van der Waals surface area contributed by atoms with Crippen molar-refractivity contribution in [3.8, 4) is 5.75 Å². The van der Waals surface area contributed by atoms with Crippen molar-refractivity contribution in [3.63, 3.8) is 0 Å². The molecule has 104 valence electrons. The first-order chi connectivity index (χ1) is 9.51. The first-order valence-corrected chi connectivity index (χ1v) is 7.51. The van der Waals surface area contributed by atoms with Gasteiger partial charge in [0.1, 0.15) is 5.75 Å². The average Bonchev–Trinajstić information content (AvgIpc) is 2.41. The van der Waals surface area contributed by atoms with Crippen molar-refractivity contribution in [2.75, 3.05) is 12.4 Å². The summed E-state index contributed by atoms with van der Waals surface area (Å²) in [6.45, 7) is 1.95. The predicted octanol–water partition coefficient (Wildman–Crippen LogP) is 4.78. The van der Waals surface area contributed by atoms with E-state index in [1.54, 1.807) is 25.3 Å². The zero-order valence-electron chi connectivity index (χ0n) is 11.0. The van der Waals surface area contributed by atoms with Crippen molar-refractivity contribution in [1.82, 2.24) is 0 Å². The minimum Gasteiger partial charge on any atom is -0.496 e. The Hall–Kier alpha value is -1.33. The standard InChI is InChI=1S/C15H13Br2NO2/c1-9-7-11(16)4-5-13(9)18-15(19)10-3-6-14(20-2)12(17)8-10/h3-8H,1-2H3,(H,18,19). The Balaban J connectivity index is 2.21. The number of carbonyl (C=O) groups excluding carboxylic acids is 1. The predicted molar refractivity (Wildman–Crippen MR) is 87.5 cm³/mol. The van der Waals surface area contributed by atoms with Gasteiger partial charge in [0.05, 0.1) is 11.6 Å². The summed E-state index contributed by atoms with van der Waals surface area (Å²) >= 11 is 6.77.